The molecule has 0 bridgehead atoms. The maximum absolute atomic E-state index is 13.0. The molecule has 1 atom stereocenters. The lowest BCUT2D eigenvalue weighted by molar-refractivity contribution is -0.137. The Kier molecular flexibility index (Phi) is 6.44. The molecule has 1 aliphatic rings. The van der Waals surface area contributed by atoms with Crippen LogP contribution in [0.15, 0.2) is 29.1 Å². The number of alkyl halides is 3. The highest BCUT2D eigenvalue weighted by atomic mass is 19.4. The van der Waals surface area contributed by atoms with Crippen LogP contribution in [0.2, 0.25) is 0 Å². The third-order valence-electron chi connectivity index (χ3n) is 5.10. The van der Waals surface area contributed by atoms with Crippen LogP contribution in [-0.4, -0.2) is 20.3 Å². The quantitative estimate of drug-likeness (QED) is 0.793. The zero-order valence-electron chi connectivity index (χ0n) is 16.3. The van der Waals surface area contributed by atoms with Crippen molar-refractivity contribution in [3.8, 4) is 0 Å². The number of hydrogen-bond acceptors (Lipinski definition) is 3. The number of nitrogens with zero attached hydrogens (tertiary/aromatic N) is 3. The van der Waals surface area contributed by atoms with Crippen molar-refractivity contribution in [3.63, 3.8) is 0 Å². The lowest BCUT2D eigenvalue weighted by atomic mass is 10.00. The molecule has 29 heavy (non-hydrogen) atoms. The molecule has 0 saturated heterocycles. The molecule has 0 saturated carbocycles. The van der Waals surface area contributed by atoms with E-state index in [1.165, 1.54) is 6.07 Å². The van der Waals surface area contributed by atoms with Crippen LogP contribution in [0.5, 0.6) is 0 Å². The first-order valence-electron chi connectivity index (χ1n) is 9.92. The molecule has 158 valence electrons. The lowest BCUT2D eigenvalue weighted by Gasteiger charge is -2.20. The maximum Gasteiger partial charge on any atom is 0.416 e. The summed E-state index contributed by atoms with van der Waals surface area (Å²) in [4.78, 5) is 25.0. The number of carbonyl (C=O) groups is 1. The van der Waals surface area contributed by atoms with E-state index in [1.807, 2.05) is 6.92 Å². The van der Waals surface area contributed by atoms with E-state index in [2.05, 4.69) is 10.4 Å². The Hall–Kier alpha value is -2.58. The number of hydrogen-bond donors (Lipinski definition) is 1. The summed E-state index contributed by atoms with van der Waals surface area (Å²) in [6.07, 6.45) is 0.321. The summed E-state index contributed by atoms with van der Waals surface area (Å²) in [6.45, 7) is 2.24. The predicted octanol–water partition coefficient (Wildman–Crippen LogP) is 3.45. The summed E-state index contributed by atoms with van der Waals surface area (Å²) < 4.78 is 41.8. The molecule has 1 amide bonds. The highest BCUT2D eigenvalue weighted by molar-refractivity contribution is 5.76. The second-order valence-corrected chi connectivity index (χ2v) is 7.35. The molecule has 1 unspecified atom stereocenters. The molecule has 2 heterocycles. The van der Waals surface area contributed by atoms with E-state index in [0.717, 1.165) is 36.1 Å². The fourth-order valence-corrected chi connectivity index (χ4v) is 3.65. The Bertz CT molecular complexity index is 917. The normalized spacial score (nSPS) is 15.4. The molecule has 6 nitrogen and oxygen atoms in total. The number of fused-ring (bicyclic) bond motifs is 1. The van der Waals surface area contributed by atoms with Crippen molar-refractivity contribution in [2.75, 3.05) is 0 Å². The van der Waals surface area contributed by atoms with Crippen LogP contribution in [0.25, 0.3) is 0 Å². The van der Waals surface area contributed by atoms with Crippen LogP contribution in [0.3, 0.4) is 0 Å². The molecule has 1 aromatic heterocycles. The van der Waals surface area contributed by atoms with Crippen LogP contribution in [0.1, 0.15) is 62.0 Å². The van der Waals surface area contributed by atoms with Gasteiger partial charge in [0.1, 0.15) is 12.4 Å². The molecule has 3 rings (SSSR count). The zero-order valence-corrected chi connectivity index (χ0v) is 16.3. The average Bonchev–Trinajstić information content (AvgIpc) is 2.84. The minimum atomic E-state index is -4.45. The number of benzene rings is 1. The highest BCUT2D eigenvalue weighted by Crippen LogP contribution is 2.31. The molecule has 0 fully saturated rings. The summed E-state index contributed by atoms with van der Waals surface area (Å²) in [5.41, 5.74) is -0.675. The summed E-state index contributed by atoms with van der Waals surface area (Å²) >= 11 is 0. The van der Waals surface area contributed by atoms with Crippen LogP contribution in [0, 0.1) is 0 Å². The van der Waals surface area contributed by atoms with Crippen LogP contribution in [0.4, 0.5) is 13.2 Å². The van der Waals surface area contributed by atoms with Crippen LogP contribution >= 0.6 is 0 Å². The Morgan fingerprint density at radius 1 is 1.28 bits per heavy atom. The standard InChI is InChI=1S/C20H25F3N4O2/c1-2-7-16(14-8-6-9-15(12-14)20(21,22)23)24-18(28)13-27-19(29)26-11-5-3-4-10-17(26)25-27/h6,8-9,12,16H,2-5,7,10-11,13H2,1H3,(H,24,28). The predicted molar refractivity (Wildman–Crippen MR) is 101 cm³/mol. The van der Waals surface area contributed by atoms with Gasteiger partial charge < -0.3 is 5.32 Å². The van der Waals surface area contributed by atoms with Gasteiger partial charge in [0.25, 0.3) is 0 Å². The minimum absolute atomic E-state index is 0.252. The molecule has 1 aliphatic heterocycles. The van der Waals surface area contributed by atoms with E-state index < -0.39 is 23.7 Å². The van der Waals surface area contributed by atoms with Crippen molar-refractivity contribution in [2.24, 2.45) is 0 Å². The van der Waals surface area contributed by atoms with Crippen molar-refractivity contribution < 1.29 is 18.0 Å². The zero-order chi connectivity index (χ0) is 21.0. The van der Waals surface area contributed by atoms with Crippen LogP contribution < -0.4 is 11.0 Å². The van der Waals surface area contributed by atoms with Crippen molar-refractivity contribution in [1.29, 1.82) is 0 Å². The van der Waals surface area contributed by atoms with E-state index in [9.17, 15) is 22.8 Å². The molecule has 0 aliphatic carbocycles. The van der Waals surface area contributed by atoms with Gasteiger partial charge in [-0.15, -0.1) is 0 Å². The molecule has 1 aromatic carbocycles. The Labute approximate surface area is 166 Å². The smallest absolute Gasteiger partial charge is 0.348 e. The monoisotopic (exact) mass is 410 g/mol. The second-order valence-electron chi connectivity index (χ2n) is 7.35. The van der Waals surface area contributed by atoms with Crippen LogP contribution in [-0.2, 0) is 30.5 Å². The van der Waals surface area contributed by atoms with Crippen molar-refractivity contribution in [3.05, 3.63) is 51.7 Å². The number of halogens is 3. The highest BCUT2D eigenvalue weighted by Gasteiger charge is 2.31. The van der Waals surface area contributed by atoms with Gasteiger partial charge in [-0.3, -0.25) is 9.36 Å². The SMILES string of the molecule is CCCC(NC(=O)Cn1nc2n(c1=O)CCCCC2)c1cccc(C(F)(F)F)c1. The Morgan fingerprint density at radius 3 is 2.79 bits per heavy atom. The first-order chi connectivity index (χ1) is 13.8. The van der Waals surface area contributed by atoms with E-state index >= 15 is 0 Å². The molecule has 2 aromatic rings. The first kappa shape index (κ1) is 21.1. The average molecular weight is 410 g/mol. The van der Waals surface area contributed by atoms with E-state index in [-0.39, 0.29) is 12.2 Å². The van der Waals surface area contributed by atoms with Gasteiger partial charge in [-0.2, -0.15) is 18.3 Å². The molecular weight excluding hydrogens is 385 g/mol. The largest absolute Gasteiger partial charge is 0.416 e. The number of aromatic nitrogens is 3. The fourth-order valence-electron chi connectivity index (χ4n) is 3.65. The maximum atomic E-state index is 13.0. The molecular formula is C20H25F3N4O2. The molecule has 1 N–H and O–H groups in total. The van der Waals surface area contributed by atoms with Gasteiger partial charge >= 0.3 is 11.9 Å². The summed E-state index contributed by atoms with van der Waals surface area (Å²) in [6, 6.07) is 4.41. The summed E-state index contributed by atoms with van der Waals surface area (Å²) in [7, 11) is 0. The fraction of sp³-hybridized carbons (Fsp3) is 0.550. The first-order valence-corrected chi connectivity index (χ1v) is 9.92. The number of carbonyl (C=O) groups excluding carboxylic acids is 1. The van der Waals surface area contributed by atoms with Gasteiger partial charge in [-0.05, 0) is 37.0 Å². The Balaban J connectivity index is 1.75. The van der Waals surface area contributed by atoms with Gasteiger partial charge in [0, 0.05) is 13.0 Å². The number of rotatable bonds is 6. The molecule has 0 radical (unpaired) electrons. The number of aryl methyl sites for hydroxylation is 1. The molecule has 9 heteroatoms. The van der Waals surface area contributed by atoms with Gasteiger partial charge in [0.15, 0.2) is 0 Å². The third-order valence-corrected chi connectivity index (χ3v) is 5.10. The van der Waals surface area contributed by atoms with E-state index in [0.29, 0.717) is 37.2 Å². The lowest BCUT2D eigenvalue weighted by Crippen LogP contribution is -2.35. The number of amides is 1. The van der Waals surface area contributed by atoms with Gasteiger partial charge in [0.05, 0.1) is 11.6 Å². The number of nitrogens with one attached hydrogen (secondary N) is 1. The molecule has 0 spiro atoms. The minimum Gasteiger partial charge on any atom is -0.348 e. The second kappa shape index (κ2) is 8.84. The van der Waals surface area contributed by atoms with Crippen molar-refractivity contribution in [2.45, 2.75) is 70.8 Å². The van der Waals surface area contributed by atoms with Crippen molar-refractivity contribution in [1.82, 2.24) is 19.7 Å². The topological polar surface area (TPSA) is 68.9 Å². The third kappa shape index (κ3) is 5.07. The summed E-state index contributed by atoms with van der Waals surface area (Å²) in [5, 5.41) is 7.05. The van der Waals surface area contributed by atoms with E-state index in [4.69, 9.17) is 0 Å². The Morgan fingerprint density at radius 2 is 2.07 bits per heavy atom. The summed E-state index contributed by atoms with van der Waals surface area (Å²) in [5.74, 6) is 0.236. The van der Waals surface area contributed by atoms with E-state index in [1.54, 1.807) is 10.6 Å². The van der Waals surface area contributed by atoms with Gasteiger partial charge in [-0.1, -0.05) is 31.9 Å². The van der Waals surface area contributed by atoms with Gasteiger partial charge in [-0.25, -0.2) is 9.48 Å². The van der Waals surface area contributed by atoms with Crippen molar-refractivity contribution >= 4 is 5.91 Å². The van der Waals surface area contributed by atoms with Gasteiger partial charge in [0.2, 0.25) is 5.91 Å².